The zero-order valence-electron chi connectivity index (χ0n) is 12.3. The van der Waals surface area contributed by atoms with Crippen molar-refractivity contribution in [3.8, 4) is 0 Å². The van der Waals surface area contributed by atoms with Gasteiger partial charge in [0.1, 0.15) is 0 Å². The van der Waals surface area contributed by atoms with Crippen molar-refractivity contribution in [1.29, 1.82) is 0 Å². The molecule has 1 aromatic heterocycles. The molecule has 0 atom stereocenters. The predicted molar refractivity (Wildman–Crippen MR) is 97.4 cm³/mol. The summed E-state index contributed by atoms with van der Waals surface area (Å²) < 4.78 is 2.48. The summed E-state index contributed by atoms with van der Waals surface area (Å²) in [4.78, 5) is 29.5. The number of nitrogens with zero attached hydrogens (tertiary/aromatic N) is 2. The summed E-state index contributed by atoms with van der Waals surface area (Å²) in [5.41, 5.74) is 1.58. The van der Waals surface area contributed by atoms with Crippen molar-refractivity contribution in [1.82, 2.24) is 9.55 Å². The molecule has 2 aromatic rings. The van der Waals surface area contributed by atoms with E-state index in [9.17, 15) is 9.59 Å². The summed E-state index contributed by atoms with van der Waals surface area (Å²) in [7, 11) is 1.70. The lowest BCUT2D eigenvalue weighted by molar-refractivity contribution is -0.113. The van der Waals surface area contributed by atoms with Gasteiger partial charge in [-0.25, -0.2) is 4.98 Å². The molecule has 1 aliphatic rings. The van der Waals surface area contributed by atoms with E-state index in [2.05, 4.69) is 26.2 Å². The molecule has 1 amide bonds. The second kappa shape index (κ2) is 7.11. The van der Waals surface area contributed by atoms with Gasteiger partial charge in [-0.15, -0.1) is 11.8 Å². The number of carbonyl (C=O) groups excluding carboxylic acids is 1. The number of hydrogen-bond donors (Lipinski definition) is 1. The molecule has 23 heavy (non-hydrogen) atoms. The van der Waals surface area contributed by atoms with E-state index in [-0.39, 0.29) is 17.2 Å². The van der Waals surface area contributed by atoms with Crippen LogP contribution in [0.3, 0.4) is 0 Å². The van der Waals surface area contributed by atoms with Gasteiger partial charge < -0.3 is 5.32 Å². The minimum Gasteiger partial charge on any atom is -0.325 e. The largest absolute Gasteiger partial charge is 0.325 e. The Morgan fingerprint density at radius 3 is 2.91 bits per heavy atom. The molecule has 8 heteroatoms. The summed E-state index contributed by atoms with van der Waals surface area (Å²) in [5, 5.41) is 3.41. The normalized spacial score (nSPS) is 13.0. The molecule has 0 fully saturated rings. The maximum Gasteiger partial charge on any atom is 0.267 e. The summed E-state index contributed by atoms with van der Waals surface area (Å²) in [6, 6.07) is 7.39. The number of thioether (sulfide) groups is 2. The van der Waals surface area contributed by atoms with Gasteiger partial charge in [0, 0.05) is 29.4 Å². The van der Waals surface area contributed by atoms with Gasteiger partial charge in [-0.2, -0.15) is 0 Å². The highest BCUT2D eigenvalue weighted by molar-refractivity contribution is 9.10. The zero-order valence-corrected chi connectivity index (χ0v) is 15.6. The molecule has 0 aliphatic carbocycles. The summed E-state index contributed by atoms with van der Waals surface area (Å²) >= 11 is 6.19. The van der Waals surface area contributed by atoms with Crippen molar-refractivity contribution in [2.45, 2.75) is 16.5 Å². The van der Waals surface area contributed by atoms with E-state index in [1.54, 1.807) is 18.8 Å². The van der Waals surface area contributed by atoms with E-state index in [4.69, 9.17) is 0 Å². The van der Waals surface area contributed by atoms with Gasteiger partial charge in [0.15, 0.2) is 5.16 Å². The quantitative estimate of drug-likeness (QED) is 0.618. The minimum atomic E-state index is -0.124. The van der Waals surface area contributed by atoms with E-state index in [1.807, 2.05) is 24.3 Å². The van der Waals surface area contributed by atoms with Crippen molar-refractivity contribution in [2.24, 2.45) is 7.05 Å². The zero-order chi connectivity index (χ0) is 16.4. The molecule has 0 saturated carbocycles. The lowest BCUT2D eigenvalue weighted by Crippen LogP contribution is -2.23. The van der Waals surface area contributed by atoms with Gasteiger partial charge in [-0.3, -0.25) is 14.2 Å². The molecule has 2 heterocycles. The third-order valence-corrected chi connectivity index (χ3v) is 5.99. The highest BCUT2D eigenvalue weighted by atomic mass is 79.9. The average Bonchev–Trinajstić information content (AvgIpc) is 3.00. The van der Waals surface area contributed by atoms with E-state index in [0.29, 0.717) is 5.16 Å². The van der Waals surface area contributed by atoms with Crippen molar-refractivity contribution in [3.63, 3.8) is 0 Å². The number of halogens is 1. The van der Waals surface area contributed by atoms with Gasteiger partial charge in [0.2, 0.25) is 5.91 Å². The third kappa shape index (κ3) is 3.81. The Labute approximate surface area is 150 Å². The molecule has 3 rings (SSSR count). The van der Waals surface area contributed by atoms with E-state index in [0.717, 1.165) is 32.9 Å². The Kier molecular flexibility index (Phi) is 5.13. The molecule has 5 nitrogen and oxygen atoms in total. The number of amides is 1. The molecule has 1 aliphatic heterocycles. The van der Waals surface area contributed by atoms with Crippen LogP contribution in [0.5, 0.6) is 0 Å². The topological polar surface area (TPSA) is 64.0 Å². The van der Waals surface area contributed by atoms with Crippen molar-refractivity contribution < 1.29 is 4.79 Å². The van der Waals surface area contributed by atoms with Gasteiger partial charge >= 0.3 is 0 Å². The number of aromatic nitrogens is 2. The van der Waals surface area contributed by atoms with Crippen LogP contribution in [-0.2, 0) is 18.3 Å². The number of benzene rings is 1. The molecule has 0 radical (unpaired) electrons. The van der Waals surface area contributed by atoms with Gasteiger partial charge in [0.25, 0.3) is 5.56 Å². The number of nitrogens with one attached hydrogen (secondary N) is 1. The van der Waals surface area contributed by atoms with Gasteiger partial charge in [-0.1, -0.05) is 27.7 Å². The molecule has 0 saturated heterocycles. The lowest BCUT2D eigenvalue weighted by Gasteiger charge is -2.09. The Morgan fingerprint density at radius 1 is 1.43 bits per heavy atom. The fourth-order valence-corrected chi connectivity index (χ4v) is 4.28. The Morgan fingerprint density at radius 2 is 2.17 bits per heavy atom. The fourth-order valence-electron chi connectivity index (χ4n) is 2.16. The van der Waals surface area contributed by atoms with Crippen molar-refractivity contribution in [3.05, 3.63) is 44.8 Å². The van der Waals surface area contributed by atoms with Crippen LogP contribution in [0.4, 0.5) is 5.69 Å². The lowest BCUT2D eigenvalue weighted by atomic mass is 10.3. The molecule has 0 spiro atoms. The molecule has 1 N–H and O–H groups in total. The van der Waals surface area contributed by atoms with Crippen LogP contribution in [0.15, 0.2) is 43.6 Å². The average molecular weight is 412 g/mol. The highest BCUT2D eigenvalue weighted by Gasteiger charge is 2.20. The minimum absolute atomic E-state index is 0.0201. The number of anilines is 1. The van der Waals surface area contributed by atoms with Crippen molar-refractivity contribution >= 4 is 51.0 Å². The summed E-state index contributed by atoms with van der Waals surface area (Å²) in [5.74, 6) is 0.985. The molecular weight excluding hydrogens is 398 g/mol. The maximum atomic E-state index is 12.2. The Hall–Kier alpha value is -1.25. The molecule has 120 valence electrons. The van der Waals surface area contributed by atoms with E-state index in [1.165, 1.54) is 16.3 Å². The third-order valence-electron chi connectivity index (χ3n) is 3.32. The number of hydrogen-bond acceptors (Lipinski definition) is 5. The maximum absolute atomic E-state index is 12.2. The van der Waals surface area contributed by atoms with Gasteiger partial charge in [-0.05, 0) is 24.3 Å². The van der Waals surface area contributed by atoms with E-state index < -0.39 is 0 Å². The van der Waals surface area contributed by atoms with Crippen LogP contribution in [0.1, 0.15) is 5.69 Å². The first-order valence-electron chi connectivity index (χ1n) is 6.95. The first-order valence-corrected chi connectivity index (χ1v) is 9.72. The predicted octanol–water partition coefficient (Wildman–Crippen LogP) is 2.92. The highest BCUT2D eigenvalue weighted by Crippen LogP contribution is 2.28. The van der Waals surface area contributed by atoms with Gasteiger partial charge in [0.05, 0.1) is 16.3 Å². The first kappa shape index (κ1) is 16.6. The molecule has 0 bridgehead atoms. The standard InChI is InChI=1S/C15H14BrN3O2S2/c1-19-14(21)13-11(6-7-22-13)18-15(19)23-8-12(20)17-10-4-2-9(16)3-5-10/h2-5H,6-8H2,1H3,(H,17,20). The second-order valence-electron chi connectivity index (χ2n) is 4.98. The molecule has 1 aromatic carbocycles. The van der Waals surface area contributed by atoms with Crippen LogP contribution < -0.4 is 10.9 Å². The first-order chi connectivity index (χ1) is 11.0. The Balaban J connectivity index is 1.66. The number of carbonyl (C=O) groups is 1. The van der Waals surface area contributed by atoms with E-state index >= 15 is 0 Å². The van der Waals surface area contributed by atoms with Crippen LogP contribution in [0, 0.1) is 0 Å². The Bertz CT molecular complexity index is 806. The molecule has 0 unspecified atom stereocenters. The van der Waals surface area contributed by atoms with Crippen LogP contribution in [0.25, 0.3) is 0 Å². The number of rotatable bonds is 4. The summed E-state index contributed by atoms with van der Waals surface area (Å²) in [6.45, 7) is 0. The molecular formula is C15H14BrN3O2S2. The van der Waals surface area contributed by atoms with Crippen LogP contribution in [0.2, 0.25) is 0 Å². The monoisotopic (exact) mass is 411 g/mol. The second-order valence-corrected chi connectivity index (χ2v) is 7.94. The SMILES string of the molecule is Cn1c(SCC(=O)Nc2ccc(Br)cc2)nc2c(c1=O)SCC2. The van der Waals surface area contributed by atoms with Crippen LogP contribution in [-0.4, -0.2) is 27.0 Å². The van der Waals surface area contributed by atoms with Crippen molar-refractivity contribution in [2.75, 3.05) is 16.8 Å². The number of fused-ring (bicyclic) bond motifs is 1. The smallest absolute Gasteiger partial charge is 0.267 e. The summed E-state index contributed by atoms with van der Waals surface area (Å²) in [6.07, 6.45) is 0.814. The van der Waals surface area contributed by atoms with Crippen LogP contribution >= 0.6 is 39.5 Å². The fraction of sp³-hybridized carbons (Fsp3) is 0.267. The number of aryl methyl sites for hydroxylation is 1.